The number of carbonyl (C=O) groups excluding carboxylic acids is 1. The Morgan fingerprint density at radius 3 is 3.05 bits per heavy atom. The van der Waals surface area contributed by atoms with Gasteiger partial charge in [0, 0.05) is 18.9 Å². The number of nitrogens with two attached hydrogens (primary N) is 1. The minimum Gasteiger partial charge on any atom is -0.466 e. The Morgan fingerprint density at radius 2 is 2.41 bits per heavy atom. The van der Waals surface area contributed by atoms with Gasteiger partial charge >= 0.3 is 5.97 Å². The number of aliphatic hydroxyl groups is 1. The highest BCUT2D eigenvalue weighted by Gasteiger charge is 2.52. The fourth-order valence-electron chi connectivity index (χ4n) is 3.11. The third-order valence-electron chi connectivity index (χ3n) is 4.22. The molecule has 0 aromatic rings. The van der Waals surface area contributed by atoms with E-state index in [0.29, 0.717) is 12.8 Å². The lowest BCUT2D eigenvalue weighted by Crippen LogP contribution is -2.51. The van der Waals surface area contributed by atoms with Crippen molar-refractivity contribution in [2.45, 2.75) is 55.6 Å². The molecule has 2 rings (SSSR count). The Hall–Kier alpha value is -1.46. The maximum Gasteiger partial charge on any atom is 0.330 e. The van der Waals surface area contributed by atoms with Gasteiger partial charge in [-0.15, -0.1) is 0 Å². The quantitative estimate of drug-likeness (QED) is 0.543. The Labute approximate surface area is 129 Å². The van der Waals surface area contributed by atoms with Crippen LogP contribution in [-0.4, -0.2) is 54.7 Å². The highest BCUT2D eigenvalue weighted by molar-refractivity contribution is 5.81. The summed E-state index contributed by atoms with van der Waals surface area (Å²) < 4.78 is 16.4. The average molecular weight is 310 g/mol. The zero-order valence-corrected chi connectivity index (χ0v) is 12.6. The molecule has 0 aromatic heterocycles. The molecule has 2 aliphatic rings. The summed E-state index contributed by atoms with van der Waals surface area (Å²) in [6.45, 7) is -0.168. The number of nitriles is 1. The fraction of sp³-hybridized carbons (Fsp3) is 0.733. The van der Waals surface area contributed by atoms with Gasteiger partial charge in [-0.1, -0.05) is 0 Å². The lowest BCUT2D eigenvalue weighted by atomic mass is 9.86. The van der Waals surface area contributed by atoms with Gasteiger partial charge in [0.2, 0.25) is 0 Å². The minimum absolute atomic E-state index is 0.162. The van der Waals surface area contributed by atoms with Crippen LogP contribution in [0.2, 0.25) is 0 Å². The van der Waals surface area contributed by atoms with Gasteiger partial charge in [-0.2, -0.15) is 5.26 Å². The molecule has 0 spiro atoms. The molecule has 2 unspecified atom stereocenters. The largest absolute Gasteiger partial charge is 0.466 e. The number of methoxy groups -OCH3 is 1. The highest BCUT2D eigenvalue weighted by Crippen LogP contribution is 2.42. The van der Waals surface area contributed by atoms with Gasteiger partial charge in [0.05, 0.1) is 44.1 Å². The van der Waals surface area contributed by atoms with Crippen LogP contribution in [0, 0.1) is 11.3 Å². The van der Waals surface area contributed by atoms with E-state index in [-0.39, 0.29) is 24.9 Å². The van der Waals surface area contributed by atoms with Crippen LogP contribution in [0.25, 0.3) is 0 Å². The lowest BCUT2D eigenvalue weighted by Gasteiger charge is -2.41. The van der Waals surface area contributed by atoms with E-state index < -0.39 is 17.6 Å². The summed E-state index contributed by atoms with van der Waals surface area (Å²) in [5.41, 5.74) is 4.86. The molecule has 0 amide bonds. The Balaban J connectivity index is 2.01. The molecule has 3 N–H and O–H groups in total. The zero-order valence-electron chi connectivity index (χ0n) is 12.6. The van der Waals surface area contributed by atoms with Crippen molar-refractivity contribution in [1.29, 1.82) is 5.26 Å². The number of rotatable bonds is 5. The molecule has 122 valence electrons. The van der Waals surface area contributed by atoms with Crippen molar-refractivity contribution < 1.29 is 24.1 Å². The monoisotopic (exact) mass is 310 g/mol. The van der Waals surface area contributed by atoms with Crippen molar-refractivity contribution in [2.75, 3.05) is 13.7 Å². The predicted molar refractivity (Wildman–Crippen MR) is 76.6 cm³/mol. The molecule has 0 bridgehead atoms. The van der Waals surface area contributed by atoms with Gasteiger partial charge in [-0.3, -0.25) is 0 Å². The van der Waals surface area contributed by atoms with E-state index in [0.717, 1.165) is 12.8 Å². The number of fused-ring (bicyclic) bond motifs is 1. The van der Waals surface area contributed by atoms with Crippen LogP contribution >= 0.6 is 0 Å². The number of nitrogens with zero attached hydrogens (tertiary/aromatic N) is 1. The summed E-state index contributed by atoms with van der Waals surface area (Å²) in [4.78, 5) is 11.1. The van der Waals surface area contributed by atoms with Crippen LogP contribution in [0.4, 0.5) is 0 Å². The fourth-order valence-corrected chi connectivity index (χ4v) is 3.11. The first-order chi connectivity index (χ1) is 10.5. The summed E-state index contributed by atoms with van der Waals surface area (Å²) in [7, 11) is 1.31. The van der Waals surface area contributed by atoms with Crippen molar-refractivity contribution in [3.8, 4) is 6.07 Å². The SMILES string of the molecule is COC(=O)/C=C/C1C[C@]2(CO)OC(C[C@@H](N)C#N)CC[C@@H]2O1. The van der Waals surface area contributed by atoms with Gasteiger partial charge < -0.3 is 25.1 Å². The van der Waals surface area contributed by atoms with Crippen LogP contribution in [0.5, 0.6) is 0 Å². The average Bonchev–Trinajstić information content (AvgIpc) is 2.90. The second-order valence-corrected chi connectivity index (χ2v) is 5.76. The summed E-state index contributed by atoms with van der Waals surface area (Å²) in [5, 5.41) is 18.6. The zero-order chi connectivity index (χ0) is 16.2. The maximum absolute atomic E-state index is 11.1. The van der Waals surface area contributed by atoms with E-state index in [4.69, 9.17) is 20.5 Å². The Kier molecular flexibility index (Phi) is 5.53. The second kappa shape index (κ2) is 7.20. The van der Waals surface area contributed by atoms with Gasteiger partial charge in [0.1, 0.15) is 5.60 Å². The molecule has 2 heterocycles. The lowest BCUT2D eigenvalue weighted by molar-refractivity contribution is -0.183. The third kappa shape index (κ3) is 3.65. The van der Waals surface area contributed by atoms with E-state index in [1.54, 1.807) is 6.08 Å². The van der Waals surface area contributed by atoms with Gasteiger partial charge in [0.15, 0.2) is 0 Å². The molecular weight excluding hydrogens is 288 g/mol. The number of hydrogen-bond acceptors (Lipinski definition) is 7. The summed E-state index contributed by atoms with van der Waals surface area (Å²) in [6.07, 6.45) is 4.61. The molecule has 0 aromatic carbocycles. The predicted octanol–water partition coefficient (Wildman–Crippen LogP) is 0.0242. The van der Waals surface area contributed by atoms with Crippen molar-refractivity contribution in [2.24, 2.45) is 5.73 Å². The molecule has 5 atom stereocenters. The number of aliphatic hydroxyl groups excluding tert-OH is 1. The molecule has 22 heavy (non-hydrogen) atoms. The van der Waals surface area contributed by atoms with Crippen LogP contribution < -0.4 is 5.73 Å². The molecule has 0 aliphatic carbocycles. The van der Waals surface area contributed by atoms with Gasteiger partial charge in [0.25, 0.3) is 0 Å². The van der Waals surface area contributed by atoms with E-state index in [1.807, 2.05) is 6.07 Å². The Bertz CT molecular complexity index is 475. The molecule has 0 radical (unpaired) electrons. The van der Waals surface area contributed by atoms with E-state index in [1.165, 1.54) is 13.2 Å². The summed E-state index contributed by atoms with van der Waals surface area (Å²) in [6, 6.07) is 1.42. The second-order valence-electron chi connectivity index (χ2n) is 5.76. The maximum atomic E-state index is 11.1. The van der Waals surface area contributed by atoms with E-state index in [2.05, 4.69) is 4.74 Å². The minimum atomic E-state index is -0.788. The summed E-state index contributed by atoms with van der Waals surface area (Å²) >= 11 is 0. The van der Waals surface area contributed by atoms with Crippen molar-refractivity contribution >= 4 is 5.97 Å². The number of hydrogen-bond donors (Lipinski definition) is 2. The van der Waals surface area contributed by atoms with Gasteiger partial charge in [-0.05, 0) is 18.9 Å². The third-order valence-corrected chi connectivity index (χ3v) is 4.22. The smallest absolute Gasteiger partial charge is 0.330 e. The standard InChI is InChI=1S/C15H22N2O5/c1-20-14(19)5-3-12-7-15(9-18)13(21-12)4-2-11(22-15)6-10(17)8-16/h3,5,10-13,18H,2,4,6-7,9,17H2,1H3/b5-3+/t10-,11?,12?,13+,15-/m1/s1. The van der Waals surface area contributed by atoms with Crippen molar-refractivity contribution in [3.05, 3.63) is 12.2 Å². The van der Waals surface area contributed by atoms with E-state index in [9.17, 15) is 9.90 Å². The first-order valence-corrected chi connectivity index (χ1v) is 7.38. The summed E-state index contributed by atoms with van der Waals surface area (Å²) in [5.74, 6) is -0.449. The first-order valence-electron chi connectivity index (χ1n) is 7.38. The molecule has 2 aliphatic heterocycles. The molecule has 2 fully saturated rings. The van der Waals surface area contributed by atoms with Crippen LogP contribution in [0.3, 0.4) is 0 Å². The Morgan fingerprint density at radius 1 is 1.64 bits per heavy atom. The normalized spacial score (nSPS) is 35.8. The van der Waals surface area contributed by atoms with Crippen LogP contribution in [0.15, 0.2) is 12.2 Å². The number of carbonyl (C=O) groups is 1. The first kappa shape index (κ1) is 16.9. The highest BCUT2D eigenvalue weighted by atomic mass is 16.6. The number of esters is 1. The molecule has 7 heteroatoms. The van der Waals surface area contributed by atoms with Gasteiger partial charge in [-0.25, -0.2) is 4.79 Å². The van der Waals surface area contributed by atoms with Crippen molar-refractivity contribution in [3.63, 3.8) is 0 Å². The molecule has 2 saturated heterocycles. The molecular formula is C15H22N2O5. The van der Waals surface area contributed by atoms with E-state index >= 15 is 0 Å². The van der Waals surface area contributed by atoms with Crippen LogP contribution in [-0.2, 0) is 19.0 Å². The molecule has 7 nitrogen and oxygen atoms in total. The van der Waals surface area contributed by atoms with Crippen molar-refractivity contribution in [1.82, 2.24) is 0 Å². The number of ether oxygens (including phenoxy) is 3. The topological polar surface area (TPSA) is 115 Å². The van der Waals surface area contributed by atoms with Crippen LogP contribution in [0.1, 0.15) is 25.7 Å². The molecule has 0 saturated carbocycles.